The molecule has 136 valence electrons. The van der Waals surface area contributed by atoms with Crippen molar-refractivity contribution in [1.82, 2.24) is 0 Å². The molecule has 8 nitrogen and oxygen atoms in total. The van der Waals surface area contributed by atoms with Crippen LogP contribution in [0.2, 0.25) is 0 Å². The fourth-order valence-electron chi connectivity index (χ4n) is 2.46. The number of nitrogens with zero attached hydrogens (tertiary/aromatic N) is 2. The summed E-state index contributed by atoms with van der Waals surface area (Å²) in [6.07, 6.45) is 0. The highest BCUT2D eigenvalue weighted by molar-refractivity contribution is 6.06. The lowest BCUT2D eigenvalue weighted by Gasteiger charge is -2.21. The number of benzene rings is 2. The van der Waals surface area contributed by atoms with Crippen molar-refractivity contribution in [3.8, 4) is 11.5 Å². The van der Waals surface area contributed by atoms with E-state index in [-0.39, 0.29) is 29.5 Å². The highest BCUT2D eigenvalue weighted by Gasteiger charge is 2.30. The lowest BCUT2D eigenvalue weighted by Crippen LogP contribution is -2.34. The van der Waals surface area contributed by atoms with E-state index in [0.717, 1.165) is 4.90 Å². The number of nitro groups is 1. The van der Waals surface area contributed by atoms with Crippen molar-refractivity contribution in [3.05, 3.63) is 58.1 Å². The molecule has 2 aromatic rings. The van der Waals surface area contributed by atoms with Gasteiger partial charge in [-0.1, -0.05) is 30.3 Å². The van der Waals surface area contributed by atoms with Crippen LogP contribution in [0.3, 0.4) is 0 Å². The molecule has 0 N–H and O–H groups in total. The number of carbonyl (C=O) groups excluding carboxylic acids is 2. The number of carbonyl (C=O) groups is 2. The highest BCUT2D eigenvalue weighted by Crippen LogP contribution is 2.41. The minimum atomic E-state index is -0.656. The average Bonchev–Trinajstić information content (AvgIpc) is 2.64. The van der Waals surface area contributed by atoms with Crippen molar-refractivity contribution < 1.29 is 24.0 Å². The zero-order chi connectivity index (χ0) is 19.3. The van der Waals surface area contributed by atoms with Gasteiger partial charge in [0.05, 0.1) is 25.7 Å². The third-order valence-electron chi connectivity index (χ3n) is 3.73. The minimum Gasteiger partial charge on any atom is -0.497 e. The Kier molecular flexibility index (Phi) is 5.90. The third kappa shape index (κ3) is 3.97. The molecule has 26 heavy (non-hydrogen) atoms. The monoisotopic (exact) mass is 358 g/mol. The van der Waals surface area contributed by atoms with Crippen LogP contribution in [0.4, 0.5) is 11.4 Å². The molecule has 0 unspecified atom stereocenters. The smallest absolute Gasteiger partial charge is 0.334 e. The standard InChI is InChI=1S/C18H18N2O6/c1-12(21)19(11-16(22)13-7-5-4-6-8-13)15-9-14(25-2)10-17(26-3)18(15)20(23)24/h4-10H,11H2,1-3H3. The van der Waals surface area contributed by atoms with E-state index in [9.17, 15) is 19.7 Å². The van der Waals surface area contributed by atoms with Gasteiger partial charge in [0.15, 0.2) is 5.78 Å². The third-order valence-corrected chi connectivity index (χ3v) is 3.73. The Labute approximate surface area is 150 Å². The van der Waals surface area contributed by atoms with Crippen LogP contribution >= 0.6 is 0 Å². The van der Waals surface area contributed by atoms with E-state index >= 15 is 0 Å². The van der Waals surface area contributed by atoms with Gasteiger partial charge in [-0.2, -0.15) is 0 Å². The Bertz CT molecular complexity index is 835. The van der Waals surface area contributed by atoms with Crippen LogP contribution in [-0.2, 0) is 4.79 Å². The van der Waals surface area contributed by atoms with Crippen molar-refractivity contribution in [2.75, 3.05) is 25.7 Å². The zero-order valence-corrected chi connectivity index (χ0v) is 14.6. The summed E-state index contributed by atoms with van der Waals surface area (Å²) in [5.74, 6) is -0.673. The lowest BCUT2D eigenvalue weighted by molar-refractivity contribution is -0.385. The first-order valence-electron chi connectivity index (χ1n) is 7.65. The minimum absolute atomic E-state index is 0.0667. The number of ketones is 1. The molecular formula is C18H18N2O6. The molecule has 0 fully saturated rings. The van der Waals surface area contributed by atoms with Gasteiger partial charge in [0.2, 0.25) is 11.7 Å². The summed E-state index contributed by atoms with van der Waals surface area (Å²) in [5, 5.41) is 11.5. The summed E-state index contributed by atoms with van der Waals surface area (Å²) < 4.78 is 10.2. The van der Waals surface area contributed by atoms with Crippen LogP contribution in [-0.4, -0.2) is 37.4 Å². The summed E-state index contributed by atoms with van der Waals surface area (Å²) in [7, 11) is 2.66. The molecule has 2 rings (SSSR count). The average molecular weight is 358 g/mol. The maximum atomic E-state index is 12.5. The van der Waals surface area contributed by atoms with Crippen molar-refractivity contribution in [3.63, 3.8) is 0 Å². The number of methoxy groups -OCH3 is 2. The summed E-state index contributed by atoms with van der Waals surface area (Å²) >= 11 is 0. The van der Waals surface area contributed by atoms with Gasteiger partial charge in [-0.3, -0.25) is 24.6 Å². The first-order chi connectivity index (χ1) is 12.4. The number of Topliss-reactive ketones (excluding diaryl/α,β-unsaturated/α-hetero) is 1. The predicted molar refractivity (Wildman–Crippen MR) is 95.0 cm³/mol. The van der Waals surface area contributed by atoms with Crippen molar-refractivity contribution in [1.29, 1.82) is 0 Å². The molecule has 0 bridgehead atoms. The van der Waals surface area contributed by atoms with Gasteiger partial charge in [-0.05, 0) is 0 Å². The van der Waals surface area contributed by atoms with Crippen LogP contribution in [0, 0.1) is 10.1 Å². The first-order valence-corrected chi connectivity index (χ1v) is 7.65. The first kappa shape index (κ1) is 18.9. The molecular weight excluding hydrogens is 340 g/mol. The van der Waals surface area contributed by atoms with Gasteiger partial charge < -0.3 is 9.47 Å². The fraction of sp³-hybridized carbons (Fsp3) is 0.222. The number of anilines is 1. The topological polar surface area (TPSA) is 99.0 Å². The van der Waals surface area contributed by atoms with Crippen molar-refractivity contribution >= 4 is 23.1 Å². The number of rotatable bonds is 7. The van der Waals surface area contributed by atoms with Gasteiger partial charge in [-0.15, -0.1) is 0 Å². The van der Waals surface area contributed by atoms with E-state index < -0.39 is 16.5 Å². The molecule has 0 aliphatic carbocycles. The van der Waals surface area contributed by atoms with Gasteiger partial charge in [0, 0.05) is 24.6 Å². The molecule has 0 saturated carbocycles. The van der Waals surface area contributed by atoms with E-state index in [1.165, 1.54) is 33.3 Å². The largest absolute Gasteiger partial charge is 0.497 e. The molecule has 0 spiro atoms. The van der Waals surface area contributed by atoms with E-state index in [2.05, 4.69) is 0 Å². The van der Waals surface area contributed by atoms with E-state index in [0.29, 0.717) is 5.56 Å². The Balaban J connectivity index is 2.54. The van der Waals surface area contributed by atoms with Crippen molar-refractivity contribution in [2.45, 2.75) is 6.92 Å². The summed E-state index contributed by atoms with van der Waals surface area (Å²) in [5.41, 5.74) is -0.0800. The highest BCUT2D eigenvalue weighted by atomic mass is 16.6. The van der Waals surface area contributed by atoms with E-state index in [1.807, 2.05) is 0 Å². The Hall–Kier alpha value is -3.42. The molecule has 0 atom stereocenters. The lowest BCUT2D eigenvalue weighted by atomic mass is 10.1. The van der Waals surface area contributed by atoms with E-state index in [1.54, 1.807) is 30.3 Å². The summed E-state index contributed by atoms with van der Waals surface area (Å²) in [6, 6.07) is 11.1. The Morgan fingerprint density at radius 3 is 2.27 bits per heavy atom. The van der Waals surface area contributed by atoms with Gasteiger partial charge in [0.1, 0.15) is 11.4 Å². The molecule has 0 aliphatic heterocycles. The van der Waals surface area contributed by atoms with Crippen LogP contribution < -0.4 is 14.4 Å². The SMILES string of the molecule is COc1cc(OC)c([N+](=O)[O-])c(N(CC(=O)c2ccccc2)C(C)=O)c1. The number of amides is 1. The van der Waals surface area contributed by atoms with Crippen LogP contribution in [0.25, 0.3) is 0 Å². The van der Waals surface area contributed by atoms with Gasteiger partial charge in [-0.25, -0.2) is 0 Å². The Morgan fingerprint density at radius 1 is 1.12 bits per heavy atom. The molecule has 0 saturated heterocycles. The molecule has 0 heterocycles. The predicted octanol–water partition coefficient (Wildman–Crippen LogP) is 2.85. The number of ether oxygens (including phenoxy) is 2. The second kappa shape index (κ2) is 8.11. The summed E-state index contributed by atoms with van der Waals surface area (Å²) in [6.45, 7) is 0.879. The maximum absolute atomic E-state index is 12.5. The second-order valence-corrected chi connectivity index (χ2v) is 5.35. The van der Waals surface area contributed by atoms with Gasteiger partial charge in [0.25, 0.3) is 0 Å². The molecule has 0 radical (unpaired) electrons. The van der Waals surface area contributed by atoms with Crippen molar-refractivity contribution in [2.24, 2.45) is 0 Å². The molecule has 0 aromatic heterocycles. The maximum Gasteiger partial charge on any atom is 0.334 e. The van der Waals surface area contributed by atoms with Crippen LogP contribution in [0.1, 0.15) is 17.3 Å². The van der Waals surface area contributed by atoms with Crippen LogP contribution in [0.5, 0.6) is 11.5 Å². The number of hydrogen-bond acceptors (Lipinski definition) is 6. The quantitative estimate of drug-likeness (QED) is 0.429. The zero-order valence-electron chi connectivity index (χ0n) is 14.6. The van der Waals surface area contributed by atoms with Crippen LogP contribution in [0.15, 0.2) is 42.5 Å². The Morgan fingerprint density at radius 2 is 1.77 bits per heavy atom. The fourth-order valence-corrected chi connectivity index (χ4v) is 2.46. The second-order valence-electron chi connectivity index (χ2n) is 5.35. The number of hydrogen-bond donors (Lipinski definition) is 0. The molecule has 1 amide bonds. The normalized spacial score (nSPS) is 10.1. The molecule has 0 aliphatic rings. The molecule has 2 aromatic carbocycles. The summed E-state index contributed by atoms with van der Waals surface area (Å²) in [4.78, 5) is 36.6. The van der Waals surface area contributed by atoms with E-state index in [4.69, 9.17) is 9.47 Å². The molecule has 8 heteroatoms. The van der Waals surface area contributed by atoms with Gasteiger partial charge >= 0.3 is 5.69 Å². The number of nitro benzene ring substituents is 1.